The van der Waals surface area contributed by atoms with Crippen molar-refractivity contribution in [3.05, 3.63) is 47.8 Å². The van der Waals surface area contributed by atoms with E-state index in [1.165, 1.54) is 4.57 Å². The van der Waals surface area contributed by atoms with E-state index in [1.807, 2.05) is 6.07 Å². The number of rotatable bonds is 4. The summed E-state index contributed by atoms with van der Waals surface area (Å²) >= 11 is 0. The van der Waals surface area contributed by atoms with Crippen molar-refractivity contribution in [1.82, 2.24) is 14.8 Å². The standard InChI is InChI=1S/C18H17N5O3/c1-26-12-4-2-11(3-5-12)23-17(21-22-18(23)16(19)25)13-8-10-6-7-20-14(10)9-15(13)24/h2-5,8-9,20,24H,6-7H2,1H3,(H2,19,25). The summed E-state index contributed by atoms with van der Waals surface area (Å²) in [5, 5.41) is 21.7. The van der Waals surface area contributed by atoms with Crippen LogP contribution in [-0.2, 0) is 6.42 Å². The molecule has 26 heavy (non-hydrogen) atoms. The molecule has 0 radical (unpaired) electrons. The number of nitrogens with zero attached hydrogens (tertiary/aromatic N) is 3. The average molecular weight is 351 g/mol. The summed E-state index contributed by atoms with van der Waals surface area (Å²) < 4.78 is 6.70. The molecule has 3 aromatic rings. The molecule has 4 N–H and O–H groups in total. The topological polar surface area (TPSA) is 115 Å². The quantitative estimate of drug-likeness (QED) is 0.659. The molecule has 8 nitrogen and oxygen atoms in total. The number of benzene rings is 2. The van der Waals surface area contributed by atoms with Crippen LogP contribution in [0, 0.1) is 0 Å². The van der Waals surface area contributed by atoms with Crippen LogP contribution >= 0.6 is 0 Å². The molecule has 0 aliphatic carbocycles. The second kappa shape index (κ2) is 6.07. The number of aromatic nitrogens is 3. The monoisotopic (exact) mass is 351 g/mol. The number of nitrogens with two attached hydrogens (primary N) is 1. The average Bonchev–Trinajstić information content (AvgIpc) is 3.27. The van der Waals surface area contributed by atoms with Gasteiger partial charge in [-0.05, 0) is 42.3 Å². The molecule has 0 saturated heterocycles. The molecule has 2 heterocycles. The first-order valence-electron chi connectivity index (χ1n) is 8.08. The molecule has 4 rings (SSSR count). The summed E-state index contributed by atoms with van der Waals surface area (Å²) in [6.07, 6.45) is 0.849. The minimum atomic E-state index is -0.707. The van der Waals surface area contributed by atoms with Crippen LogP contribution in [0.15, 0.2) is 36.4 Å². The van der Waals surface area contributed by atoms with E-state index in [0.29, 0.717) is 22.8 Å². The Balaban J connectivity index is 1.91. The number of carbonyl (C=O) groups excluding carboxylic acids is 1. The maximum Gasteiger partial charge on any atom is 0.287 e. The molecule has 1 aromatic heterocycles. The van der Waals surface area contributed by atoms with E-state index in [2.05, 4.69) is 15.5 Å². The van der Waals surface area contributed by atoms with Crippen LogP contribution < -0.4 is 15.8 Å². The van der Waals surface area contributed by atoms with Gasteiger partial charge in [0.25, 0.3) is 5.91 Å². The molecular formula is C18H17N5O3. The first kappa shape index (κ1) is 15.9. The lowest BCUT2D eigenvalue weighted by Crippen LogP contribution is -2.17. The number of carbonyl (C=O) groups is 1. The smallest absolute Gasteiger partial charge is 0.287 e. The number of fused-ring (bicyclic) bond motifs is 1. The second-order valence-corrected chi connectivity index (χ2v) is 5.95. The normalized spacial score (nSPS) is 12.5. The van der Waals surface area contributed by atoms with Crippen molar-refractivity contribution in [2.45, 2.75) is 6.42 Å². The van der Waals surface area contributed by atoms with Crippen molar-refractivity contribution in [2.75, 3.05) is 19.0 Å². The fourth-order valence-corrected chi connectivity index (χ4v) is 3.11. The predicted octanol–water partition coefficient (Wildman–Crippen LogP) is 1.72. The van der Waals surface area contributed by atoms with Crippen LogP contribution in [0.2, 0.25) is 0 Å². The molecule has 0 atom stereocenters. The van der Waals surface area contributed by atoms with Crippen LogP contribution in [0.4, 0.5) is 5.69 Å². The summed E-state index contributed by atoms with van der Waals surface area (Å²) in [6.45, 7) is 0.815. The van der Waals surface area contributed by atoms with Gasteiger partial charge >= 0.3 is 0 Å². The highest BCUT2D eigenvalue weighted by atomic mass is 16.5. The van der Waals surface area contributed by atoms with E-state index in [9.17, 15) is 9.90 Å². The van der Waals surface area contributed by atoms with Gasteiger partial charge in [-0.25, -0.2) is 0 Å². The Hall–Kier alpha value is -3.55. The Kier molecular flexibility index (Phi) is 3.72. The Morgan fingerprint density at radius 2 is 2.04 bits per heavy atom. The van der Waals surface area contributed by atoms with Crippen LogP contribution in [0.3, 0.4) is 0 Å². The van der Waals surface area contributed by atoms with Crippen molar-refractivity contribution >= 4 is 11.6 Å². The molecule has 2 aromatic carbocycles. The summed E-state index contributed by atoms with van der Waals surface area (Å²) in [5.41, 5.74) is 8.57. The van der Waals surface area contributed by atoms with Crippen LogP contribution in [0.25, 0.3) is 17.1 Å². The first-order chi connectivity index (χ1) is 12.6. The fourth-order valence-electron chi connectivity index (χ4n) is 3.11. The van der Waals surface area contributed by atoms with Gasteiger partial charge in [-0.15, -0.1) is 10.2 Å². The molecule has 1 aliphatic heterocycles. The number of primary amides is 1. The zero-order chi connectivity index (χ0) is 18.3. The number of anilines is 1. The molecular weight excluding hydrogens is 334 g/mol. The zero-order valence-electron chi connectivity index (χ0n) is 14.1. The number of nitrogens with one attached hydrogen (secondary N) is 1. The third-order valence-electron chi connectivity index (χ3n) is 4.39. The molecule has 0 bridgehead atoms. The van der Waals surface area contributed by atoms with Gasteiger partial charge in [0.15, 0.2) is 5.82 Å². The highest BCUT2D eigenvalue weighted by Crippen LogP contribution is 2.36. The number of phenols is 1. The zero-order valence-corrected chi connectivity index (χ0v) is 14.1. The van der Waals surface area contributed by atoms with Gasteiger partial charge in [-0.3, -0.25) is 9.36 Å². The molecule has 8 heteroatoms. The van der Waals surface area contributed by atoms with Gasteiger partial charge in [-0.2, -0.15) is 0 Å². The van der Waals surface area contributed by atoms with Crippen molar-refractivity contribution in [3.8, 4) is 28.6 Å². The van der Waals surface area contributed by atoms with E-state index < -0.39 is 5.91 Å². The molecule has 132 valence electrons. The van der Waals surface area contributed by atoms with Crippen molar-refractivity contribution in [3.63, 3.8) is 0 Å². The maximum absolute atomic E-state index is 11.8. The Labute approximate surface area is 149 Å². The summed E-state index contributed by atoms with van der Waals surface area (Å²) in [5.74, 6) is 0.355. The number of phenolic OH excluding ortho intramolecular Hbond substituents is 1. The highest BCUT2D eigenvalue weighted by Gasteiger charge is 2.23. The lowest BCUT2D eigenvalue weighted by atomic mass is 10.1. The second-order valence-electron chi connectivity index (χ2n) is 5.95. The fraction of sp³-hybridized carbons (Fsp3) is 0.167. The molecule has 1 amide bonds. The third-order valence-corrected chi connectivity index (χ3v) is 4.39. The van der Waals surface area contributed by atoms with Gasteiger partial charge in [0.2, 0.25) is 5.82 Å². The predicted molar refractivity (Wildman–Crippen MR) is 95.7 cm³/mol. The summed E-state index contributed by atoms with van der Waals surface area (Å²) in [4.78, 5) is 11.8. The minimum Gasteiger partial charge on any atom is -0.507 e. The molecule has 0 unspecified atom stereocenters. The highest BCUT2D eigenvalue weighted by molar-refractivity contribution is 5.91. The number of hydrogen-bond donors (Lipinski definition) is 3. The first-order valence-corrected chi connectivity index (χ1v) is 8.08. The van der Waals surface area contributed by atoms with E-state index in [-0.39, 0.29) is 11.6 Å². The van der Waals surface area contributed by atoms with E-state index in [4.69, 9.17) is 10.5 Å². The number of hydrogen-bond acceptors (Lipinski definition) is 6. The van der Waals surface area contributed by atoms with Crippen molar-refractivity contribution in [1.29, 1.82) is 0 Å². The van der Waals surface area contributed by atoms with Gasteiger partial charge in [0.1, 0.15) is 11.5 Å². The van der Waals surface area contributed by atoms with Gasteiger partial charge in [-0.1, -0.05) is 0 Å². The van der Waals surface area contributed by atoms with Crippen molar-refractivity contribution in [2.24, 2.45) is 5.73 Å². The Morgan fingerprint density at radius 1 is 1.27 bits per heavy atom. The summed E-state index contributed by atoms with van der Waals surface area (Å²) in [7, 11) is 1.57. The number of aromatic hydroxyl groups is 1. The van der Waals surface area contributed by atoms with Crippen LogP contribution in [-0.4, -0.2) is 39.4 Å². The lowest BCUT2D eigenvalue weighted by Gasteiger charge is -2.12. The SMILES string of the molecule is COc1ccc(-n2c(C(N)=O)nnc2-c2cc3c(cc2O)NCC3)cc1. The lowest BCUT2D eigenvalue weighted by molar-refractivity contribution is 0.0988. The van der Waals surface area contributed by atoms with Crippen LogP contribution in [0.1, 0.15) is 16.2 Å². The molecule has 0 spiro atoms. The largest absolute Gasteiger partial charge is 0.507 e. The van der Waals surface area contributed by atoms with Crippen LogP contribution in [0.5, 0.6) is 11.5 Å². The Bertz CT molecular complexity index is 995. The van der Waals surface area contributed by atoms with E-state index in [1.54, 1.807) is 37.4 Å². The Morgan fingerprint density at radius 3 is 2.73 bits per heavy atom. The maximum atomic E-state index is 11.8. The van der Waals surface area contributed by atoms with E-state index in [0.717, 1.165) is 24.2 Å². The van der Waals surface area contributed by atoms with Gasteiger partial charge in [0.05, 0.1) is 12.7 Å². The van der Waals surface area contributed by atoms with Crippen molar-refractivity contribution < 1.29 is 14.6 Å². The number of ether oxygens (including phenoxy) is 1. The summed E-state index contributed by atoms with van der Waals surface area (Å²) in [6, 6.07) is 10.6. The number of amides is 1. The van der Waals surface area contributed by atoms with E-state index >= 15 is 0 Å². The molecule has 0 fully saturated rings. The number of methoxy groups -OCH3 is 1. The molecule has 1 aliphatic rings. The van der Waals surface area contributed by atoms with Gasteiger partial charge in [0, 0.05) is 24.0 Å². The molecule has 0 saturated carbocycles. The third kappa shape index (κ3) is 2.52. The minimum absolute atomic E-state index is 0.0109. The van der Waals surface area contributed by atoms with Gasteiger partial charge < -0.3 is 20.9 Å².